The Morgan fingerprint density at radius 1 is 1.50 bits per heavy atom. The molecule has 0 fully saturated rings. The standard InChI is InChI=1S/C9H13NO2/c1-12-9-4-2-3-8(7-9)10-5-6-11/h2-4,7,10-11H,5-6H2,1H3. The zero-order valence-electron chi connectivity index (χ0n) is 7.08. The third kappa shape index (κ3) is 2.43. The number of nitrogens with one attached hydrogen (secondary N) is 1. The molecule has 0 aliphatic rings. The van der Waals surface area contributed by atoms with Gasteiger partial charge in [0.15, 0.2) is 0 Å². The molecular weight excluding hydrogens is 154 g/mol. The first-order chi connectivity index (χ1) is 5.86. The van der Waals surface area contributed by atoms with Crippen LogP contribution in [-0.4, -0.2) is 25.4 Å². The third-order valence-electron chi connectivity index (χ3n) is 1.51. The van der Waals surface area contributed by atoms with Crippen LogP contribution in [-0.2, 0) is 0 Å². The molecule has 0 unspecified atom stereocenters. The molecular formula is C9H13NO2. The fraction of sp³-hybridized carbons (Fsp3) is 0.333. The molecule has 66 valence electrons. The molecule has 0 spiro atoms. The Morgan fingerprint density at radius 2 is 2.33 bits per heavy atom. The van der Waals surface area contributed by atoms with E-state index >= 15 is 0 Å². The van der Waals surface area contributed by atoms with Crippen LogP contribution in [0.15, 0.2) is 24.3 Å². The minimum Gasteiger partial charge on any atom is -0.497 e. The number of benzene rings is 1. The summed E-state index contributed by atoms with van der Waals surface area (Å²) in [6, 6.07) is 7.59. The van der Waals surface area contributed by atoms with Gasteiger partial charge in [0, 0.05) is 18.3 Å². The molecule has 12 heavy (non-hydrogen) atoms. The van der Waals surface area contributed by atoms with Crippen molar-refractivity contribution in [2.75, 3.05) is 25.6 Å². The highest BCUT2D eigenvalue weighted by atomic mass is 16.5. The van der Waals surface area contributed by atoms with E-state index in [2.05, 4.69) is 5.32 Å². The van der Waals surface area contributed by atoms with E-state index in [-0.39, 0.29) is 6.61 Å². The van der Waals surface area contributed by atoms with Crippen LogP contribution in [0.4, 0.5) is 5.69 Å². The molecule has 0 aliphatic heterocycles. The van der Waals surface area contributed by atoms with Crippen LogP contribution in [0.1, 0.15) is 0 Å². The SMILES string of the molecule is COc1cccc(NCCO)c1. The van der Waals surface area contributed by atoms with Crippen LogP contribution in [0.5, 0.6) is 5.75 Å². The molecule has 1 aromatic rings. The summed E-state index contributed by atoms with van der Waals surface area (Å²) in [6.45, 7) is 0.699. The summed E-state index contributed by atoms with van der Waals surface area (Å²) < 4.78 is 5.03. The molecule has 1 aromatic carbocycles. The lowest BCUT2D eigenvalue weighted by atomic mass is 10.3. The highest BCUT2D eigenvalue weighted by Gasteiger charge is 1.92. The van der Waals surface area contributed by atoms with E-state index in [9.17, 15) is 0 Å². The van der Waals surface area contributed by atoms with Crippen LogP contribution in [0.2, 0.25) is 0 Å². The maximum Gasteiger partial charge on any atom is 0.120 e. The second-order valence-electron chi connectivity index (χ2n) is 2.38. The predicted molar refractivity (Wildman–Crippen MR) is 48.6 cm³/mol. The first-order valence-corrected chi connectivity index (χ1v) is 3.85. The molecule has 1 rings (SSSR count). The summed E-state index contributed by atoms with van der Waals surface area (Å²) in [5, 5.41) is 11.6. The number of methoxy groups -OCH3 is 1. The van der Waals surface area contributed by atoms with Crippen LogP contribution in [0, 0.1) is 0 Å². The molecule has 0 aromatic heterocycles. The Morgan fingerprint density at radius 3 is 3.00 bits per heavy atom. The van der Waals surface area contributed by atoms with Crippen molar-refractivity contribution in [2.24, 2.45) is 0 Å². The quantitative estimate of drug-likeness (QED) is 0.705. The maximum atomic E-state index is 8.56. The summed E-state index contributed by atoms with van der Waals surface area (Å²) >= 11 is 0. The number of hydrogen-bond donors (Lipinski definition) is 2. The van der Waals surface area contributed by atoms with Gasteiger partial charge in [-0.15, -0.1) is 0 Å². The smallest absolute Gasteiger partial charge is 0.120 e. The van der Waals surface area contributed by atoms with Gasteiger partial charge in [0.25, 0.3) is 0 Å². The second kappa shape index (κ2) is 4.62. The molecule has 0 radical (unpaired) electrons. The van der Waals surface area contributed by atoms with E-state index in [1.54, 1.807) is 7.11 Å². The topological polar surface area (TPSA) is 41.5 Å². The van der Waals surface area contributed by atoms with Crippen LogP contribution in [0.3, 0.4) is 0 Å². The Labute approximate surface area is 72.0 Å². The summed E-state index contributed by atoms with van der Waals surface area (Å²) in [5.41, 5.74) is 0.961. The molecule has 0 bridgehead atoms. The van der Waals surface area contributed by atoms with E-state index in [1.807, 2.05) is 24.3 Å². The van der Waals surface area contributed by atoms with Gasteiger partial charge in [-0.2, -0.15) is 0 Å². The van der Waals surface area contributed by atoms with Crippen molar-refractivity contribution in [1.82, 2.24) is 0 Å². The monoisotopic (exact) mass is 167 g/mol. The van der Waals surface area contributed by atoms with Gasteiger partial charge < -0.3 is 15.2 Å². The van der Waals surface area contributed by atoms with E-state index in [0.717, 1.165) is 11.4 Å². The van der Waals surface area contributed by atoms with Crippen LogP contribution < -0.4 is 10.1 Å². The number of aliphatic hydroxyl groups excluding tert-OH is 1. The van der Waals surface area contributed by atoms with E-state index in [4.69, 9.17) is 9.84 Å². The first kappa shape index (κ1) is 8.87. The number of rotatable bonds is 4. The molecule has 0 saturated carbocycles. The lowest BCUT2D eigenvalue weighted by Crippen LogP contribution is -2.05. The second-order valence-corrected chi connectivity index (χ2v) is 2.38. The predicted octanol–water partition coefficient (Wildman–Crippen LogP) is 1.10. The Hall–Kier alpha value is -1.22. The van der Waals surface area contributed by atoms with Gasteiger partial charge in [0.1, 0.15) is 5.75 Å². The van der Waals surface area contributed by atoms with Crippen molar-refractivity contribution >= 4 is 5.69 Å². The number of ether oxygens (including phenoxy) is 1. The van der Waals surface area contributed by atoms with E-state index in [1.165, 1.54) is 0 Å². The molecule has 3 heteroatoms. The van der Waals surface area contributed by atoms with Crippen LogP contribution >= 0.6 is 0 Å². The van der Waals surface area contributed by atoms with Gasteiger partial charge in [-0.05, 0) is 12.1 Å². The molecule has 0 atom stereocenters. The van der Waals surface area contributed by atoms with Gasteiger partial charge in [0.2, 0.25) is 0 Å². The largest absolute Gasteiger partial charge is 0.497 e. The van der Waals surface area contributed by atoms with Gasteiger partial charge >= 0.3 is 0 Å². The summed E-state index contributed by atoms with van der Waals surface area (Å²) in [4.78, 5) is 0. The zero-order valence-corrected chi connectivity index (χ0v) is 7.08. The first-order valence-electron chi connectivity index (χ1n) is 3.85. The minimum absolute atomic E-state index is 0.136. The Balaban J connectivity index is 2.60. The highest BCUT2D eigenvalue weighted by molar-refractivity contribution is 5.47. The molecule has 3 nitrogen and oxygen atoms in total. The molecule has 2 N–H and O–H groups in total. The van der Waals surface area contributed by atoms with Crippen molar-refractivity contribution in [2.45, 2.75) is 0 Å². The zero-order chi connectivity index (χ0) is 8.81. The fourth-order valence-electron chi connectivity index (χ4n) is 0.933. The van der Waals surface area contributed by atoms with Crippen LogP contribution in [0.25, 0.3) is 0 Å². The highest BCUT2D eigenvalue weighted by Crippen LogP contribution is 2.15. The summed E-state index contributed by atoms with van der Waals surface area (Å²) in [5.74, 6) is 0.818. The van der Waals surface area contributed by atoms with Gasteiger partial charge in [0.05, 0.1) is 13.7 Å². The lowest BCUT2D eigenvalue weighted by Gasteiger charge is -2.05. The van der Waals surface area contributed by atoms with Crippen molar-refractivity contribution in [3.8, 4) is 5.75 Å². The normalized spacial score (nSPS) is 9.50. The minimum atomic E-state index is 0.136. The lowest BCUT2D eigenvalue weighted by molar-refractivity contribution is 0.311. The van der Waals surface area contributed by atoms with E-state index in [0.29, 0.717) is 6.54 Å². The molecule has 0 saturated heterocycles. The summed E-state index contributed by atoms with van der Waals surface area (Å²) in [7, 11) is 1.63. The third-order valence-corrected chi connectivity index (χ3v) is 1.51. The summed E-state index contributed by atoms with van der Waals surface area (Å²) in [6.07, 6.45) is 0. The van der Waals surface area contributed by atoms with E-state index < -0.39 is 0 Å². The van der Waals surface area contributed by atoms with Crippen molar-refractivity contribution < 1.29 is 9.84 Å². The van der Waals surface area contributed by atoms with Crippen molar-refractivity contribution in [1.29, 1.82) is 0 Å². The molecule has 0 heterocycles. The Kier molecular flexibility index (Phi) is 3.41. The maximum absolute atomic E-state index is 8.56. The number of aliphatic hydroxyl groups is 1. The number of anilines is 1. The molecule has 0 aliphatic carbocycles. The average Bonchev–Trinajstić information content (AvgIpc) is 2.15. The van der Waals surface area contributed by atoms with Crippen molar-refractivity contribution in [3.63, 3.8) is 0 Å². The number of hydrogen-bond acceptors (Lipinski definition) is 3. The molecule has 0 amide bonds. The van der Waals surface area contributed by atoms with Crippen molar-refractivity contribution in [3.05, 3.63) is 24.3 Å². The van der Waals surface area contributed by atoms with Gasteiger partial charge in [-0.25, -0.2) is 0 Å². The van der Waals surface area contributed by atoms with Gasteiger partial charge in [-0.1, -0.05) is 6.07 Å². The van der Waals surface area contributed by atoms with Gasteiger partial charge in [-0.3, -0.25) is 0 Å². The fourth-order valence-corrected chi connectivity index (χ4v) is 0.933. The average molecular weight is 167 g/mol. The Bertz CT molecular complexity index is 238.